The highest BCUT2D eigenvalue weighted by Gasteiger charge is 2.46. The van der Waals surface area contributed by atoms with Gasteiger partial charge < -0.3 is 10.1 Å². The minimum atomic E-state index is -4.75. The number of benzene rings is 1. The topological polar surface area (TPSA) is 91.0 Å². The van der Waals surface area contributed by atoms with E-state index in [2.05, 4.69) is 15.4 Å². The number of anilines is 1. The van der Waals surface area contributed by atoms with Crippen molar-refractivity contribution in [3.63, 3.8) is 0 Å². The van der Waals surface area contributed by atoms with Gasteiger partial charge in [0.25, 0.3) is 5.91 Å². The van der Waals surface area contributed by atoms with Crippen LogP contribution in [0.3, 0.4) is 0 Å². The first-order valence-electron chi connectivity index (χ1n) is 11.5. The number of nitrogens with one attached hydrogen (secondary N) is 1. The maximum Gasteiger partial charge on any atom is 0.425 e. The molecular formula is C24H23F4N5O3. The summed E-state index contributed by atoms with van der Waals surface area (Å²) in [4.78, 5) is 30.0. The Bertz CT molecular complexity index is 1410. The highest BCUT2D eigenvalue weighted by Crippen LogP contribution is 2.53. The van der Waals surface area contributed by atoms with E-state index in [1.54, 1.807) is 19.1 Å². The number of aryl methyl sites for hydroxylation is 1. The van der Waals surface area contributed by atoms with Gasteiger partial charge in [-0.3, -0.25) is 9.36 Å². The number of halogens is 4. The number of carbonyl (C=O) groups excluding carboxylic acids is 1. The third kappa shape index (κ3) is 4.35. The third-order valence-corrected chi connectivity index (χ3v) is 6.82. The molecule has 0 radical (unpaired) electrons. The van der Waals surface area contributed by atoms with Crippen LogP contribution in [0.15, 0.2) is 35.3 Å². The van der Waals surface area contributed by atoms with Gasteiger partial charge in [0, 0.05) is 25.2 Å². The molecular weight excluding hydrogens is 482 g/mol. The van der Waals surface area contributed by atoms with E-state index in [4.69, 9.17) is 4.74 Å². The van der Waals surface area contributed by atoms with E-state index in [0.717, 1.165) is 43.0 Å². The molecule has 1 saturated carbocycles. The number of carbonyl (C=O) groups is 1. The second-order valence-corrected chi connectivity index (χ2v) is 9.41. The molecule has 190 valence electrons. The van der Waals surface area contributed by atoms with Gasteiger partial charge in [0.15, 0.2) is 6.10 Å². The van der Waals surface area contributed by atoms with Crippen LogP contribution >= 0.6 is 0 Å². The number of hydrogen-bond acceptors (Lipinski definition) is 5. The van der Waals surface area contributed by atoms with Gasteiger partial charge in [0.05, 0.1) is 5.56 Å². The van der Waals surface area contributed by atoms with Crippen molar-refractivity contribution in [3.8, 4) is 11.4 Å². The zero-order chi connectivity index (χ0) is 25.8. The zero-order valence-corrected chi connectivity index (χ0v) is 19.5. The number of fused-ring (bicyclic) bond motifs is 1. The molecule has 1 fully saturated rings. The molecule has 1 amide bonds. The standard InChI is InChI=1S/C24H23F4N5O3/c1-13-4-3-8-29-20(13)30-21(34)15-10-16(25)17(11-18(15)36-14(2)24(26,27)28)33-22(35)32-9-7-23(5-6-23)12-19(32)31-33/h3-4,8,10-11,14H,5-7,9,12H2,1-2H3,(H,29,30,34)/t14-/m0/s1. The lowest BCUT2D eigenvalue weighted by molar-refractivity contribution is -0.189. The lowest BCUT2D eigenvalue weighted by Crippen LogP contribution is -2.32. The van der Waals surface area contributed by atoms with Crippen molar-refractivity contribution in [2.75, 3.05) is 5.32 Å². The SMILES string of the molecule is Cc1cccnc1NC(=O)c1cc(F)c(-n2nc3n(c2=O)CCC2(CC2)C3)cc1O[C@@H](C)C(F)(F)F. The van der Waals surface area contributed by atoms with E-state index in [0.29, 0.717) is 24.4 Å². The van der Waals surface area contributed by atoms with E-state index >= 15 is 4.39 Å². The van der Waals surface area contributed by atoms with Gasteiger partial charge in [0.2, 0.25) is 0 Å². The lowest BCUT2D eigenvalue weighted by atomic mass is 9.95. The predicted octanol–water partition coefficient (Wildman–Crippen LogP) is 4.18. The summed E-state index contributed by atoms with van der Waals surface area (Å²) in [5, 5.41) is 6.74. The summed E-state index contributed by atoms with van der Waals surface area (Å²) < 4.78 is 62.5. The Kier molecular flexibility index (Phi) is 5.64. The molecule has 36 heavy (non-hydrogen) atoms. The fourth-order valence-corrected chi connectivity index (χ4v) is 4.35. The van der Waals surface area contributed by atoms with Crippen LogP contribution in [-0.2, 0) is 13.0 Å². The van der Waals surface area contributed by atoms with Gasteiger partial charge in [-0.25, -0.2) is 14.2 Å². The van der Waals surface area contributed by atoms with E-state index in [1.807, 2.05) is 0 Å². The van der Waals surface area contributed by atoms with E-state index in [9.17, 15) is 22.8 Å². The normalized spacial score (nSPS) is 16.9. The van der Waals surface area contributed by atoms with Crippen LogP contribution in [0.2, 0.25) is 0 Å². The molecule has 12 heteroatoms. The van der Waals surface area contributed by atoms with Gasteiger partial charge in [-0.05, 0) is 56.2 Å². The van der Waals surface area contributed by atoms with Crippen LogP contribution in [0.1, 0.15) is 47.9 Å². The largest absolute Gasteiger partial charge is 0.480 e. The van der Waals surface area contributed by atoms with Gasteiger partial charge >= 0.3 is 11.9 Å². The molecule has 8 nitrogen and oxygen atoms in total. The predicted molar refractivity (Wildman–Crippen MR) is 121 cm³/mol. The van der Waals surface area contributed by atoms with Crippen molar-refractivity contribution < 1.29 is 27.1 Å². The van der Waals surface area contributed by atoms with Crippen LogP contribution in [0.4, 0.5) is 23.4 Å². The Hall–Kier alpha value is -3.70. The maximum absolute atomic E-state index is 15.3. The highest BCUT2D eigenvalue weighted by atomic mass is 19.4. The second kappa shape index (κ2) is 8.45. The minimum Gasteiger partial charge on any atom is -0.480 e. The molecule has 2 aromatic heterocycles. The summed E-state index contributed by atoms with van der Waals surface area (Å²) in [6, 6.07) is 4.97. The summed E-state index contributed by atoms with van der Waals surface area (Å²) in [6.07, 6.45) is -2.16. The minimum absolute atomic E-state index is 0.131. The third-order valence-electron chi connectivity index (χ3n) is 6.82. The van der Waals surface area contributed by atoms with Crippen LogP contribution in [0.5, 0.6) is 5.75 Å². The van der Waals surface area contributed by atoms with Crippen LogP contribution < -0.4 is 15.7 Å². The van der Waals surface area contributed by atoms with Crippen molar-refractivity contribution in [2.24, 2.45) is 5.41 Å². The van der Waals surface area contributed by atoms with E-state index in [1.165, 1.54) is 10.8 Å². The first-order valence-corrected chi connectivity index (χ1v) is 11.5. The van der Waals surface area contributed by atoms with Crippen molar-refractivity contribution in [1.82, 2.24) is 19.3 Å². The number of aromatic nitrogens is 4. The van der Waals surface area contributed by atoms with E-state index < -0.39 is 46.7 Å². The quantitative estimate of drug-likeness (QED) is 0.526. The van der Waals surface area contributed by atoms with Gasteiger partial charge in [0.1, 0.15) is 28.9 Å². The maximum atomic E-state index is 15.3. The number of amides is 1. The summed E-state index contributed by atoms with van der Waals surface area (Å²) in [5.74, 6) is -1.81. The smallest absolute Gasteiger partial charge is 0.425 e. The molecule has 2 aliphatic rings. The fraction of sp³-hybridized carbons (Fsp3) is 0.417. The number of alkyl halides is 3. The van der Waals surface area contributed by atoms with Crippen LogP contribution in [-0.4, -0.2) is 37.5 Å². The molecule has 0 saturated heterocycles. The van der Waals surface area contributed by atoms with Gasteiger partial charge in [-0.1, -0.05) is 6.07 Å². The Morgan fingerprint density at radius 3 is 2.67 bits per heavy atom. The molecule has 1 atom stereocenters. The lowest BCUT2D eigenvalue weighted by Gasteiger charge is -2.20. The first kappa shape index (κ1) is 24.0. The number of ether oxygens (including phenoxy) is 1. The second-order valence-electron chi connectivity index (χ2n) is 9.41. The summed E-state index contributed by atoms with van der Waals surface area (Å²) in [7, 11) is 0. The molecule has 1 spiro atoms. The van der Waals surface area contributed by atoms with Gasteiger partial charge in [-0.2, -0.15) is 17.9 Å². The molecule has 0 unspecified atom stereocenters. The van der Waals surface area contributed by atoms with Crippen LogP contribution in [0, 0.1) is 18.2 Å². The fourth-order valence-electron chi connectivity index (χ4n) is 4.35. The van der Waals surface area contributed by atoms with E-state index in [-0.39, 0.29) is 11.2 Å². The Morgan fingerprint density at radius 1 is 1.25 bits per heavy atom. The van der Waals surface area contributed by atoms with Crippen molar-refractivity contribution in [1.29, 1.82) is 0 Å². The average molecular weight is 505 g/mol. The average Bonchev–Trinajstić information content (AvgIpc) is 3.48. The number of nitrogens with zero attached hydrogens (tertiary/aromatic N) is 4. The zero-order valence-electron chi connectivity index (χ0n) is 19.5. The van der Waals surface area contributed by atoms with Crippen molar-refractivity contribution in [3.05, 3.63) is 63.7 Å². The number of pyridine rings is 1. The molecule has 0 bridgehead atoms. The summed E-state index contributed by atoms with van der Waals surface area (Å²) in [6.45, 7) is 2.88. The van der Waals surface area contributed by atoms with Crippen molar-refractivity contribution >= 4 is 11.7 Å². The summed E-state index contributed by atoms with van der Waals surface area (Å²) >= 11 is 0. The van der Waals surface area contributed by atoms with Gasteiger partial charge in [-0.15, -0.1) is 5.10 Å². The molecule has 3 heterocycles. The Labute approximate surface area is 202 Å². The van der Waals surface area contributed by atoms with Crippen LogP contribution in [0.25, 0.3) is 5.69 Å². The summed E-state index contributed by atoms with van der Waals surface area (Å²) in [5.41, 5.74) is -0.757. The molecule has 5 rings (SSSR count). The van der Waals surface area contributed by atoms with Crippen molar-refractivity contribution in [2.45, 2.75) is 58.4 Å². The molecule has 1 aliphatic heterocycles. The molecule has 1 N–H and O–H groups in total. The molecule has 1 aliphatic carbocycles. The monoisotopic (exact) mass is 505 g/mol. The highest BCUT2D eigenvalue weighted by molar-refractivity contribution is 6.06. The first-order chi connectivity index (χ1) is 17.0. The Balaban J connectivity index is 1.56. The molecule has 1 aromatic carbocycles. The number of hydrogen-bond donors (Lipinski definition) is 1. The Morgan fingerprint density at radius 2 is 2.00 bits per heavy atom. The molecule has 3 aromatic rings. The number of rotatable bonds is 5.